The van der Waals surface area contributed by atoms with Crippen molar-refractivity contribution in [2.24, 2.45) is 0 Å². The van der Waals surface area contributed by atoms with E-state index in [1.54, 1.807) is 18.2 Å². The van der Waals surface area contributed by atoms with Crippen LogP contribution in [0.15, 0.2) is 24.3 Å². The van der Waals surface area contributed by atoms with Crippen molar-refractivity contribution in [3.63, 3.8) is 0 Å². The zero-order valence-corrected chi connectivity index (χ0v) is 14.5. The molecule has 10 heteroatoms. The Hall–Kier alpha value is -2.20. The predicted molar refractivity (Wildman–Crippen MR) is 88.7 cm³/mol. The van der Waals surface area contributed by atoms with Crippen molar-refractivity contribution in [2.45, 2.75) is 44.0 Å². The topological polar surface area (TPSA) is 99.5 Å². The zero-order valence-electron chi connectivity index (χ0n) is 13.7. The summed E-state index contributed by atoms with van der Waals surface area (Å²) in [5.41, 5.74) is -3.13. The van der Waals surface area contributed by atoms with Crippen molar-refractivity contribution in [1.29, 1.82) is 0 Å². The number of amides is 1. The van der Waals surface area contributed by atoms with Crippen LogP contribution >= 0.6 is 11.3 Å². The number of aromatic nitrogens is 1. The number of benzene rings is 1. The molecule has 2 unspecified atom stereocenters. The molecule has 0 radical (unpaired) electrons. The largest absolute Gasteiger partial charge is 0.481 e. The number of nitrogens with one attached hydrogen (secondary N) is 1. The Morgan fingerprint density at radius 1 is 1.31 bits per heavy atom. The van der Waals surface area contributed by atoms with Gasteiger partial charge < -0.3 is 15.5 Å². The monoisotopic (exact) mass is 390 g/mol. The van der Waals surface area contributed by atoms with Crippen molar-refractivity contribution in [2.75, 3.05) is 0 Å². The fourth-order valence-corrected chi connectivity index (χ4v) is 3.39. The standard InChI is InChI=1S/C16H17F3N2O4S/c1-9(6-7-13(23)24)20-12(22)8-15(25,16(17,18)19)14-21-10-4-2-3-5-11(10)26-14/h2-5,9,25H,6-8H2,1H3,(H,20,22)(H,23,24). The molecule has 0 saturated heterocycles. The van der Waals surface area contributed by atoms with E-state index in [9.17, 15) is 27.9 Å². The van der Waals surface area contributed by atoms with Crippen LogP contribution in [0.25, 0.3) is 10.2 Å². The Morgan fingerprint density at radius 2 is 1.96 bits per heavy atom. The molecule has 142 valence electrons. The molecule has 2 aromatic rings. The minimum atomic E-state index is -5.11. The molecule has 1 aromatic carbocycles. The van der Waals surface area contributed by atoms with Gasteiger partial charge in [-0.2, -0.15) is 13.2 Å². The number of carboxylic acid groups (broad SMARTS) is 1. The number of carbonyl (C=O) groups is 2. The highest BCUT2D eigenvalue weighted by Crippen LogP contribution is 2.44. The lowest BCUT2D eigenvalue weighted by atomic mass is 9.99. The number of carboxylic acids is 1. The summed E-state index contributed by atoms with van der Waals surface area (Å²) in [5, 5.41) is 20.6. The summed E-state index contributed by atoms with van der Waals surface area (Å²) >= 11 is 0.667. The van der Waals surface area contributed by atoms with Crippen molar-refractivity contribution in [3.05, 3.63) is 29.3 Å². The van der Waals surface area contributed by atoms with Crippen LogP contribution in [0.4, 0.5) is 13.2 Å². The van der Waals surface area contributed by atoms with E-state index in [1.807, 2.05) is 0 Å². The summed E-state index contributed by atoms with van der Waals surface area (Å²) in [6.45, 7) is 1.48. The van der Waals surface area contributed by atoms with Gasteiger partial charge in [0.05, 0.1) is 16.6 Å². The van der Waals surface area contributed by atoms with Gasteiger partial charge in [0.15, 0.2) is 0 Å². The minimum Gasteiger partial charge on any atom is -0.481 e. The first-order valence-corrected chi connectivity index (χ1v) is 8.51. The van der Waals surface area contributed by atoms with Crippen molar-refractivity contribution in [1.82, 2.24) is 10.3 Å². The number of rotatable bonds is 7. The van der Waals surface area contributed by atoms with Gasteiger partial charge in [-0.25, -0.2) is 4.98 Å². The molecule has 0 saturated carbocycles. The van der Waals surface area contributed by atoms with Crippen LogP contribution in [0.2, 0.25) is 0 Å². The van der Waals surface area contributed by atoms with E-state index in [2.05, 4.69) is 10.3 Å². The predicted octanol–water partition coefficient (Wildman–Crippen LogP) is 2.81. The molecule has 2 rings (SSSR count). The first kappa shape index (κ1) is 20.1. The molecule has 0 aliphatic heterocycles. The maximum atomic E-state index is 13.5. The minimum absolute atomic E-state index is 0.0622. The lowest BCUT2D eigenvalue weighted by molar-refractivity contribution is -0.267. The number of fused-ring (bicyclic) bond motifs is 1. The summed E-state index contributed by atoms with van der Waals surface area (Å²) in [7, 11) is 0. The average Bonchev–Trinajstić information content (AvgIpc) is 2.96. The van der Waals surface area contributed by atoms with Crippen LogP contribution in [0.5, 0.6) is 0 Å². The molecule has 0 fully saturated rings. The first-order chi connectivity index (χ1) is 12.0. The van der Waals surface area contributed by atoms with Crippen LogP contribution in [-0.2, 0) is 15.2 Å². The van der Waals surface area contributed by atoms with Crippen LogP contribution in [0.3, 0.4) is 0 Å². The first-order valence-electron chi connectivity index (χ1n) is 7.69. The summed E-state index contributed by atoms with van der Waals surface area (Å²) in [5.74, 6) is -2.12. The Balaban J connectivity index is 2.21. The molecule has 0 bridgehead atoms. The number of para-hydroxylation sites is 1. The molecular weight excluding hydrogens is 373 g/mol. The van der Waals surface area contributed by atoms with Gasteiger partial charge in [-0.1, -0.05) is 12.1 Å². The number of thiazole rings is 1. The molecule has 1 heterocycles. The van der Waals surface area contributed by atoms with Crippen LogP contribution in [-0.4, -0.2) is 39.3 Å². The van der Waals surface area contributed by atoms with E-state index in [1.165, 1.54) is 13.0 Å². The van der Waals surface area contributed by atoms with Gasteiger partial charge in [-0.3, -0.25) is 9.59 Å². The number of aliphatic hydroxyl groups is 1. The molecule has 0 aliphatic rings. The lowest BCUT2D eigenvalue weighted by Crippen LogP contribution is -2.47. The van der Waals surface area contributed by atoms with E-state index < -0.39 is 41.1 Å². The smallest absolute Gasteiger partial charge is 0.424 e. The fraction of sp³-hybridized carbons (Fsp3) is 0.438. The molecule has 26 heavy (non-hydrogen) atoms. The number of aliphatic carboxylic acids is 1. The number of alkyl halides is 3. The van der Waals surface area contributed by atoms with E-state index in [0.717, 1.165) is 0 Å². The summed E-state index contributed by atoms with van der Waals surface area (Å²) < 4.78 is 41.0. The molecule has 2 atom stereocenters. The molecule has 0 spiro atoms. The number of halogens is 3. The number of hydrogen-bond acceptors (Lipinski definition) is 5. The van der Waals surface area contributed by atoms with Gasteiger partial charge in [-0.05, 0) is 25.5 Å². The van der Waals surface area contributed by atoms with Crippen molar-refractivity contribution in [3.8, 4) is 0 Å². The molecule has 1 amide bonds. The maximum absolute atomic E-state index is 13.5. The van der Waals surface area contributed by atoms with E-state index in [-0.39, 0.29) is 12.8 Å². The molecule has 0 aliphatic carbocycles. The van der Waals surface area contributed by atoms with Gasteiger partial charge in [0, 0.05) is 12.5 Å². The number of nitrogens with zero attached hydrogens (tertiary/aromatic N) is 1. The van der Waals surface area contributed by atoms with Gasteiger partial charge in [0.1, 0.15) is 5.01 Å². The molecular formula is C16H17F3N2O4S. The third kappa shape index (κ3) is 4.50. The van der Waals surface area contributed by atoms with Crippen LogP contribution in [0.1, 0.15) is 31.2 Å². The quantitative estimate of drug-likeness (QED) is 0.675. The fourth-order valence-electron chi connectivity index (χ4n) is 2.32. The van der Waals surface area contributed by atoms with E-state index in [4.69, 9.17) is 5.11 Å². The summed E-state index contributed by atoms with van der Waals surface area (Å²) in [6.07, 6.45) is -6.54. The average molecular weight is 390 g/mol. The third-order valence-electron chi connectivity index (χ3n) is 3.73. The normalized spacial score (nSPS) is 15.4. The highest BCUT2D eigenvalue weighted by molar-refractivity contribution is 7.18. The molecule has 6 nitrogen and oxygen atoms in total. The van der Waals surface area contributed by atoms with Gasteiger partial charge >= 0.3 is 12.1 Å². The Labute approximate surface area is 150 Å². The zero-order chi connectivity index (χ0) is 19.5. The Bertz CT molecular complexity index is 775. The highest BCUT2D eigenvalue weighted by Gasteiger charge is 2.58. The van der Waals surface area contributed by atoms with Crippen LogP contribution < -0.4 is 5.32 Å². The summed E-state index contributed by atoms with van der Waals surface area (Å²) in [6, 6.07) is 5.68. The second kappa shape index (κ2) is 7.58. The van der Waals surface area contributed by atoms with Gasteiger partial charge in [0.25, 0.3) is 0 Å². The molecule has 3 N–H and O–H groups in total. The van der Waals surface area contributed by atoms with Crippen molar-refractivity contribution < 1.29 is 33.0 Å². The van der Waals surface area contributed by atoms with E-state index in [0.29, 0.717) is 21.6 Å². The SMILES string of the molecule is CC(CCC(=O)O)NC(=O)CC(O)(c1nc2ccccc2s1)C(F)(F)F. The lowest BCUT2D eigenvalue weighted by Gasteiger charge is -2.28. The Kier molecular flexibility index (Phi) is 5.87. The number of carbonyl (C=O) groups excluding carboxylic acids is 1. The van der Waals surface area contributed by atoms with Gasteiger partial charge in [0.2, 0.25) is 11.5 Å². The van der Waals surface area contributed by atoms with Gasteiger partial charge in [-0.15, -0.1) is 11.3 Å². The maximum Gasteiger partial charge on any atom is 0.424 e. The summed E-state index contributed by atoms with van der Waals surface area (Å²) in [4.78, 5) is 26.4. The Morgan fingerprint density at radius 3 is 2.54 bits per heavy atom. The number of hydrogen-bond donors (Lipinski definition) is 3. The molecule has 1 aromatic heterocycles. The highest BCUT2D eigenvalue weighted by atomic mass is 32.1. The van der Waals surface area contributed by atoms with Crippen LogP contribution in [0, 0.1) is 0 Å². The third-order valence-corrected chi connectivity index (χ3v) is 4.92. The van der Waals surface area contributed by atoms with E-state index >= 15 is 0 Å². The van der Waals surface area contributed by atoms with Crippen molar-refractivity contribution >= 4 is 33.4 Å². The second-order valence-electron chi connectivity index (χ2n) is 5.92. The second-order valence-corrected chi connectivity index (χ2v) is 6.95.